The van der Waals surface area contributed by atoms with Crippen molar-refractivity contribution in [1.82, 2.24) is 15.0 Å². The number of piperazine rings is 1. The summed E-state index contributed by atoms with van der Waals surface area (Å²) in [5, 5.41) is 1.14. The highest BCUT2D eigenvalue weighted by molar-refractivity contribution is 7.15. The topological polar surface area (TPSA) is 48.4 Å². The van der Waals surface area contributed by atoms with Crippen molar-refractivity contribution in [3.05, 3.63) is 23.3 Å². The molecule has 0 spiro atoms. The fourth-order valence-corrected chi connectivity index (χ4v) is 4.01. The molecule has 23 heavy (non-hydrogen) atoms. The molecule has 0 atom stereocenters. The van der Waals surface area contributed by atoms with E-state index in [-0.39, 0.29) is 0 Å². The fourth-order valence-electron chi connectivity index (χ4n) is 3.20. The zero-order valence-corrected chi connectivity index (χ0v) is 14.3. The van der Waals surface area contributed by atoms with Crippen LogP contribution in [0.25, 0.3) is 0 Å². The summed E-state index contributed by atoms with van der Waals surface area (Å²) in [5.74, 6) is 1.94. The van der Waals surface area contributed by atoms with E-state index in [9.17, 15) is 0 Å². The Morgan fingerprint density at radius 3 is 2.35 bits per heavy atom. The highest BCUT2D eigenvalue weighted by atomic mass is 32.1. The minimum atomic E-state index is 0.887. The molecule has 122 valence electrons. The van der Waals surface area contributed by atoms with Crippen molar-refractivity contribution in [3.63, 3.8) is 0 Å². The highest BCUT2D eigenvalue weighted by Gasteiger charge is 2.21. The summed E-state index contributed by atoms with van der Waals surface area (Å²) >= 11 is 1.77. The van der Waals surface area contributed by atoms with Gasteiger partial charge in [-0.3, -0.25) is 0 Å². The summed E-state index contributed by atoms with van der Waals surface area (Å²) in [6.45, 7) is 8.23. The van der Waals surface area contributed by atoms with E-state index in [1.54, 1.807) is 11.3 Å². The third-order valence-corrected chi connectivity index (χ3v) is 5.47. The summed E-state index contributed by atoms with van der Waals surface area (Å²) in [7, 11) is 0. The van der Waals surface area contributed by atoms with E-state index < -0.39 is 0 Å². The van der Waals surface area contributed by atoms with E-state index in [2.05, 4.69) is 31.6 Å². The van der Waals surface area contributed by atoms with Gasteiger partial charge >= 0.3 is 0 Å². The molecular weight excluding hydrogens is 308 g/mol. The van der Waals surface area contributed by atoms with Gasteiger partial charge in [-0.1, -0.05) is 0 Å². The normalized spacial score (nSPS) is 18.7. The van der Waals surface area contributed by atoms with Crippen molar-refractivity contribution in [1.29, 1.82) is 0 Å². The van der Waals surface area contributed by atoms with E-state index >= 15 is 0 Å². The van der Waals surface area contributed by atoms with Crippen molar-refractivity contribution in [2.24, 2.45) is 0 Å². The number of hydrogen-bond acceptors (Lipinski definition) is 7. The maximum Gasteiger partial charge on any atom is 0.227 e. The zero-order valence-electron chi connectivity index (χ0n) is 13.5. The van der Waals surface area contributed by atoms with Crippen LogP contribution in [-0.4, -0.2) is 54.2 Å². The number of nitrogens with zero attached hydrogens (tertiary/aromatic N) is 6. The standard InChI is InChI=1S/C16H22N6S/c1-13-12-18-16(23-13)22-10-8-20(9-11-22)14-4-5-17-15(19-14)21-6-2-3-7-21/h4-5,12H,2-3,6-11H2,1H3. The van der Waals surface area contributed by atoms with Gasteiger partial charge in [0.2, 0.25) is 5.95 Å². The average molecular weight is 330 g/mol. The lowest BCUT2D eigenvalue weighted by Gasteiger charge is -2.35. The Balaban J connectivity index is 1.43. The SMILES string of the molecule is Cc1cnc(N2CCN(c3ccnc(N4CCCC4)n3)CC2)s1. The van der Waals surface area contributed by atoms with Gasteiger partial charge in [0.25, 0.3) is 0 Å². The summed E-state index contributed by atoms with van der Waals surface area (Å²) in [6, 6.07) is 2.03. The second-order valence-corrected chi connectivity index (χ2v) is 7.35. The van der Waals surface area contributed by atoms with Crippen molar-refractivity contribution < 1.29 is 0 Å². The van der Waals surface area contributed by atoms with Crippen LogP contribution in [0.4, 0.5) is 16.9 Å². The fraction of sp³-hybridized carbons (Fsp3) is 0.562. The van der Waals surface area contributed by atoms with E-state index in [1.807, 2.05) is 18.5 Å². The van der Waals surface area contributed by atoms with Crippen LogP contribution in [0.15, 0.2) is 18.5 Å². The third kappa shape index (κ3) is 3.10. The van der Waals surface area contributed by atoms with Gasteiger partial charge < -0.3 is 14.7 Å². The molecule has 2 aromatic rings. The molecule has 4 heterocycles. The first-order valence-corrected chi connectivity index (χ1v) is 9.11. The van der Waals surface area contributed by atoms with Crippen LogP contribution in [0.1, 0.15) is 17.7 Å². The van der Waals surface area contributed by atoms with E-state index in [4.69, 9.17) is 4.98 Å². The Labute approximate surface area is 140 Å². The number of thiazole rings is 1. The summed E-state index contributed by atoms with van der Waals surface area (Å²) in [6.07, 6.45) is 6.35. The molecule has 0 amide bonds. The largest absolute Gasteiger partial charge is 0.353 e. The number of hydrogen-bond donors (Lipinski definition) is 0. The van der Waals surface area contributed by atoms with Gasteiger partial charge in [0.15, 0.2) is 5.13 Å². The molecule has 4 rings (SSSR count). The summed E-state index contributed by atoms with van der Waals surface area (Å²) in [4.78, 5) is 22.0. The van der Waals surface area contributed by atoms with Gasteiger partial charge in [0.1, 0.15) is 5.82 Å². The molecule has 0 bridgehead atoms. The maximum atomic E-state index is 4.79. The molecule has 0 aliphatic carbocycles. The van der Waals surface area contributed by atoms with Crippen LogP contribution in [-0.2, 0) is 0 Å². The molecule has 2 saturated heterocycles. The molecule has 2 fully saturated rings. The molecular formula is C16H22N6S. The summed E-state index contributed by atoms with van der Waals surface area (Å²) < 4.78 is 0. The monoisotopic (exact) mass is 330 g/mol. The molecule has 2 aromatic heterocycles. The molecule has 7 heteroatoms. The van der Waals surface area contributed by atoms with Gasteiger partial charge in [-0.15, -0.1) is 11.3 Å². The quantitative estimate of drug-likeness (QED) is 0.860. The second kappa shape index (κ2) is 6.31. The van der Waals surface area contributed by atoms with Gasteiger partial charge in [-0.05, 0) is 25.8 Å². The maximum absolute atomic E-state index is 4.79. The molecule has 6 nitrogen and oxygen atoms in total. The van der Waals surface area contributed by atoms with Crippen LogP contribution in [0.3, 0.4) is 0 Å². The Bertz CT molecular complexity index is 658. The van der Waals surface area contributed by atoms with Crippen LogP contribution in [0, 0.1) is 6.92 Å². The molecule has 0 N–H and O–H groups in total. The first kappa shape index (κ1) is 14.7. The van der Waals surface area contributed by atoms with Gasteiger partial charge in [-0.25, -0.2) is 9.97 Å². The zero-order chi connectivity index (χ0) is 15.6. The Morgan fingerprint density at radius 2 is 1.65 bits per heavy atom. The minimum absolute atomic E-state index is 0.887. The summed E-state index contributed by atoms with van der Waals surface area (Å²) in [5.41, 5.74) is 0. The number of anilines is 3. The first-order chi connectivity index (χ1) is 11.3. The van der Waals surface area contributed by atoms with E-state index in [0.717, 1.165) is 56.2 Å². The lowest BCUT2D eigenvalue weighted by Crippen LogP contribution is -2.46. The van der Waals surface area contributed by atoms with Gasteiger partial charge in [0.05, 0.1) is 0 Å². The molecule has 2 aliphatic heterocycles. The van der Waals surface area contributed by atoms with Crippen molar-refractivity contribution in [2.45, 2.75) is 19.8 Å². The Morgan fingerprint density at radius 1 is 0.913 bits per heavy atom. The van der Waals surface area contributed by atoms with Crippen LogP contribution < -0.4 is 14.7 Å². The Hall–Kier alpha value is -1.89. The van der Waals surface area contributed by atoms with Crippen LogP contribution >= 0.6 is 11.3 Å². The lowest BCUT2D eigenvalue weighted by atomic mass is 10.3. The third-order valence-electron chi connectivity index (χ3n) is 4.50. The predicted molar refractivity (Wildman–Crippen MR) is 94.8 cm³/mol. The highest BCUT2D eigenvalue weighted by Crippen LogP contribution is 2.24. The first-order valence-electron chi connectivity index (χ1n) is 8.30. The number of rotatable bonds is 3. The molecule has 0 saturated carbocycles. The van der Waals surface area contributed by atoms with Crippen molar-refractivity contribution in [2.75, 3.05) is 54.0 Å². The number of aryl methyl sites for hydroxylation is 1. The molecule has 2 aliphatic rings. The van der Waals surface area contributed by atoms with Crippen LogP contribution in [0.5, 0.6) is 0 Å². The molecule has 0 aromatic carbocycles. The van der Waals surface area contributed by atoms with E-state index in [0.29, 0.717) is 0 Å². The average Bonchev–Trinajstić information content (AvgIpc) is 3.27. The van der Waals surface area contributed by atoms with Crippen LogP contribution in [0.2, 0.25) is 0 Å². The van der Waals surface area contributed by atoms with Crippen molar-refractivity contribution in [3.8, 4) is 0 Å². The van der Waals surface area contributed by atoms with Gasteiger partial charge in [-0.2, -0.15) is 4.98 Å². The second-order valence-electron chi connectivity index (χ2n) is 6.14. The van der Waals surface area contributed by atoms with Crippen molar-refractivity contribution >= 4 is 28.2 Å². The van der Waals surface area contributed by atoms with E-state index in [1.165, 1.54) is 17.7 Å². The predicted octanol–water partition coefficient (Wildman–Crippen LogP) is 2.17. The minimum Gasteiger partial charge on any atom is -0.353 e. The smallest absolute Gasteiger partial charge is 0.227 e. The Kier molecular flexibility index (Phi) is 4.03. The van der Waals surface area contributed by atoms with Gasteiger partial charge in [0, 0.05) is 56.5 Å². The number of aromatic nitrogens is 3. The molecule has 0 unspecified atom stereocenters. The molecule has 0 radical (unpaired) electrons. The lowest BCUT2D eigenvalue weighted by molar-refractivity contribution is 0.645.